The Morgan fingerprint density at radius 3 is 2.74 bits per heavy atom. The Morgan fingerprint density at radius 1 is 1.13 bits per heavy atom. The molecule has 0 spiro atoms. The van der Waals surface area contributed by atoms with E-state index >= 15 is 0 Å². The lowest BCUT2D eigenvalue weighted by Crippen LogP contribution is -2.39. The maximum atomic E-state index is 13.0. The van der Waals surface area contributed by atoms with Gasteiger partial charge in [-0.25, -0.2) is 9.07 Å². The highest BCUT2D eigenvalue weighted by Gasteiger charge is 2.39. The molecule has 1 aliphatic carbocycles. The number of rotatable bonds is 2. The molecule has 1 saturated heterocycles. The summed E-state index contributed by atoms with van der Waals surface area (Å²) in [5.74, 6) is 0.318. The Bertz CT molecular complexity index is 712. The van der Waals surface area contributed by atoms with Gasteiger partial charge in [-0.1, -0.05) is 18.1 Å². The van der Waals surface area contributed by atoms with Crippen molar-refractivity contribution in [3.8, 4) is 5.69 Å². The first-order chi connectivity index (χ1) is 11.2. The number of nitrogens with zero attached hydrogens (tertiary/aromatic N) is 4. The third-order valence-corrected chi connectivity index (χ3v) is 5.07. The van der Waals surface area contributed by atoms with Gasteiger partial charge < -0.3 is 4.90 Å². The van der Waals surface area contributed by atoms with Crippen molar-refractivity contribution in [2.24, 2.45) is 5.92 Å². The molecule has 1 saturated carbocycles. The van der Waals surface area contributed by atoms with Crippen LogP contribution in [0.5, 0.6) is 0 Å². The highest BCUT2D eigenvalue weighted by Crippen LogP contribution is 2.36. The largest absolute Gasteiger partial charge is 0.334 e. The van der Waals surface area contributed by atoms with Gasteiger partial charge in [0.25, 0.3) is 5.91 Å². The van der Waals surface area contributed by atoms with E-state index < -0.39 is 0 Å². The lowest BCUT2D eigenvalue weighted by molar-refractivity contribution is 0.0684. The van der Waals surface area contributed by atoms with E-state index in [9.17, 15) is 9.18 Å². The highest BCUT2D eigenvalue weighted by atomic mass is 19.1. The minimum atomic E-state index is -0.300. The number of hydrogen-bond acceptors (Lipinski definition) is 3. The van der Waals surface area contributed by atoms with Crippen LogP contribution in [0.15, 0.2) is 30.5 Å². The molecule has 0 radical (unpaired) electrons. The molecule has 0 N–H and O–H groups in total. The number of amides is 1. The number of carbonyl (C=O) groups excluding carboxylic acids is 1. The number of carbonyl (C=O) groups is 1. The van der Waals surface area contributed by atoms with Gasteiger partial charge in [0.2, 0.25) is 0 Å². The normalized spacial score (nSPS) is 23.8. The number of aromatic nitrogens is 3. The van der Waals surface area contributed by atoms with Crippen molar-refractivity contribution in [1.82, 2.24) is 19.9 Å². The zero-order chi connectivity index (χ0) is 15.8. The summed E-state index contributed by atoms with van der Waals surface area (Å²) < 4.78 is 14.5. The van der Waals surface area contributed by atoms with Gasteiger partial charge in [0, 0.05) is 12.6 Å². The van der Waals surface area contributed by atoms with E-state index in [2.05, 4.69) is 10.3 Å². The lowest BCUT2D eigenvalue weighted by atomic mass is 9.85. The second-order valence-electron chi connectivity index (χ2n) is 6.42. The lowest BCUT2D eigenvalue weighted by Gasteiger charge is -2.31. The molecule has 1 aromatic carbocycles. The van der Waals surface area contributed by atoms with Crippen LogP contribution in [-0.2, 0) is 0 Å². The number of likely N-dealkylation sites (tertiary alicyclic amines) is 1. The summed E-state index contributed by atoms with van der Waals surface area (Å²) in [5, 5.41) is 8.03. The first-order valence-electron chi connectivity index (χ1n) is 8.21. The molecule has 1 aliphatic heterocycles. The van der Waals surface area contributed by atoms with Crippen LogP contribution in [0.2, 0.25) is 0 Å². The van der Waals surface area contributed by atoms with Gasteiger partial charge in [-0.15, -0.1) is 5.10 Å². The molecule has 2 aromatic rings. The maximum Gasteiger partial charge on any atom is 0.276 e. The van der Waals surface area contributed by atoms with Crippen molar-refractivity contribution in [1.29, 1.82) is 0 Å². The number of halogens is 1. The predicted molar refractivity (Wildman–Crippen MR) is 82.7 cm³/mol. The van der Waals surface area contributed by atoms with Crippen LogP contribution >= 0.6 is 0 Å². The maximum absolute atomic E-state index is 13.0. The second kappa shape index (κ2) is 5.76. The zero-order valence-corrected chi connectivity index (χ0v) is 12.9. The Hall–Kier alpha value is -2.24. The summed E-state index contributed by atoms with van der Waals surface area (Å²) in [5.41, 5.74) is 1.05. The summed E-state index contributed by atoms with van der Waals surface area (Å²) >= 11 is 0. The van der Waals surface area contributed by atoms with Gasteiger partial charge in [0.15, 0.2) is 5.69 Å². The van der Waals surface area contributed by atoms with E-state index in [1.807, 2.05) is 4.90 Å². The minimum absolute atomic E-state index is 0.0345. The standard InChI is InChI=1S/C17H19FN4O/c18-13-5-7-14(8-6-13)22-11-15(19-20-22)17(23)21-10-9-12-3-1-2-4-16(12)21/h5-8,11-12,16H,1-4,9-10H2. The van der Waals surface area contributed by atoms with Crippen molar-refractivity contribution >= 4 is 5.91 Å². The summed E-state index contributed by atoms with van der Waals surface area (Å²) in [4.78, 5) is 14.7. The molecule has 23 heavy (non-hydrogen) atoms. The fourth-order valence-corrected chi connectivity index (χ4v) is 3.89. The molecule has 2 atom stereocenters. The SMILES string of the molecule is O=C(c1cn(-c2ccc(F)cc2)nn1)N1CCC2CCCCC21. The third-order valence-electron chi connectivity index (χ3n) is 5.07. The third kappa shape index (κ3) is 2.62. The number of benzene rings is 1. The fraction of sp³-hybridized carbons (Fsp3) is 0.471. The van der Waals surface area contributed by atoms with E-state index in [4.69, 9.17) is 0 Å². The highest BCUT2D eigenvalue weighted by molar-refractivity contribution is 5.92. The minimum Gasteiger partial charge on any atom is -0.334 e. The molecule has 2 heterocycles. The molecular formula is C17H19FN4O. The van der Waals surface area contributed by atoms with Crippen LogP contribution in [0, 0.1) is 11.7 Å². The molecule has 4 rings (SSSR count). The molecule has 1 aromatic heterocycles. The Labute approximate surface area is 134 Å². The quantitative estimate of drug-likeness (QED) is 0.856. The van der Waals surface area contributed by atoms with Crippen molar-refractivity contribution in [2.75, 3.05) is 6.54 Å². The van der Waals surface area contributed by atoms with E-state index in [1.165, 1.54) is 36.1 Å². The average Bonchev–Trinajstić information content (AvgIpc) is 3.22. The van der Waals surface area contributed by atoms with Gasteiger partial charge in [-0.05, 0) is 49.4 Å². The number of hydrogen-bond donors (Lipinski definition) is 0. The van der Waals surface area contributed by atoms with Gasteiger partial charge in [-0.3, -0.25) is 4.79 Å². The van der Waals surface area contributed by atoms with E-state index in [1.54, 1.807) is 18.3 Å². The average molecular weight is 314 g/mol. The van der Waals surface area contributed by atoms with Gasteiger partial charge in [-0.2, -0.15) is 0 Å². The zero-order valence-electron chi connectivity index (χ0n) is 12.9. The molecule has 120 valence electrons. The molecule has 0 bridgehead atoms. The molecule has 6 heteroatoms. The predicted octanol–water partition coefficient (Wildman–Crippen LogP) is 2.81. The second-order valence-corrected chi connectivity index (χ2v) is 6.42. The van der Waals surface area contributed by atoms with Crippen LogP contribution < -0.4 is 0 Å². The Balaban J connectivity index is 1.54. The first kappa shape index (κ1) is 14.4. The van der Waals surface area contributed by atoms with Crippen molar-refractivity contribution in [3.05, 3.63) is 42.0 Å². The number of fused-ring (bicyclic) bond motifs is 1. The van der Waals surface area contributed by atoms with Gasteiger partial charge >= 0.3 is 0 Å². The molecule has 2 fully saturated rings. The monoisotopic (exact) mass is 314 g/mol. The Kier molecular flexibility index (Phi) is 3.59. The van der Waals surface area contributed by atoms with Crippen molar-refractivity contribution in [3.63, 3.8) is 0 Å². The Morgan fingerprint density at radius 2 is 1.91 bits per heavy atom. The molecular weight excluding hydrogens is 295 g/mol. The summed E-state index contributed by atoms with van der Waals surface area (Å²) in [6.07, 6.45) is 7.55. The topological polar surface area (TPSA) is 51.0 Å². The van der Waals surface area contributed by atoms with Crippen LogP contribution in [0.1, 0.15) is 42.6 Å². The van der Waals surface area contributed by atoms with Crippen LogP contribution in [0.4, 0.5) is 4.39 Å². The smallest absolute Gasteiger partial charge is 0.276 e. The van der Waals surface area contributed by atoms with Crippen LogP contribution in [0.25, 0.3) is 5.69 Å². The summed E-state index contributed by atoms with van der Waals surface area (Å²) in [6.45, 7) is 0.817. The van der Waals surface area contributed by atoms with Crippen LogP contribution in [-0.4, -0.2) is 38.4 Å². The molecule has 2 unspecified atom stereocenters. The summed E-state index contributed by atoms with van der Waals surface area (Å²) in [7, 11) is 0. The van der Waals surface area contributed by atoms with Gasteiger partial charge in [0.1, 0.15) is 5.82 Å². The first-order valence-corrected chi connectivity index (χ1v) is 8.21. The van der Waals surface area contributed by atoms with Crippen LogP contribution in [0.3, 0.4) is 0 Å². The fourth-order valence-electron chi connectivity index (χ4n) is 3.89. The van der Waals surface area contributed by atoms with E-state index in [0.717, 1.165) is 19.4 Å². The molecule has 5 nitrogen and oxygen atoms in total. The molecule has 1 amide bonds. The van der Waals surface area contributed by atoms with Gasteiger partial charge in [0.05, 0.1) is 11.9 Å². The van der Waals surface area contributed by atoms with E-state index in [0.29, 0.717) is 23.3 Å². The van der Waals surface area contributed by atoms with E-state index in [-0.39, 0.29) is 11.7 Å². The van der Waals surface area contributed by atoms with Crippen molar-refractivity contribution < 1.29 is 9.18 Å². The summed E-state index contributed by atoms with van der Waals surface area (Å²) in [6, 6.07) is 6.33. The molecule has 2 aliphatic rings. The van der Waals surface area contributed by atoms with Crippen molar-refractivity contribution in [2.45, 2.75) is 38.1 Å².